The van der Waals surface area contributed by atoms with E-state index in [2.05, 4.69) is 5.32 Å². The highest BCUT2D eigenvalue weighted by atomic mass is 35.5. The number of amides is 3. The van der Waals surface area contributed by atoms with Gasteiger partial charge in [-0.25, -0.2) is 4.39 Å². The minimum absolute atomic E-state index is 0.0162. The molecule has 10 heteroatoms. The summed E-state index contributed by atoms with van der Waals surface area (Å²) in [6.07, 6.45) is -1.29. The van der Waals surface area contributed by atoms with E-state index in [-0.39, 0.29) is 26.9 Å². The fourth-order valence-electron chi connectivity index (χ4n) is 2.64. The quantitative estimate of drug-likeness (QED) is 0.570. The summed E-state index contributed by atoms with van der Waals surface area (Å²) in [5, 5.41) is 2.47. The zero-order valence-corrected chi connectivity index (χ0v) is 16.4. The van der Waals surface area contributed by atoms with E-state index in [1.165, 1.54) is 37.3 Å². The lowest BCUT2D eigenvalue weighted by Crippen LogP contribution is -2.38. The van der Waals surface area contributed by atoms with Crippen LogP contribution in [-0.4, -0.2) is 41.2 Å². The summed E-state index contributed by atoms with van der Waals surface area (Å²) in [6.45, 7) is 0.564. The van der Waals surface area contributed by atoms with Gasteiger partial charge in [0.25, 0.3) is 17.7 Å². The lowest BCUT2D eigenvalue weighted by molar-refractivity contribution is -0.153. The van der Waals surface area contributed by atoms with Crippen molar-refractivity contribution in [3.63, 3.8) is 0 Å². The second kappa shape index (κ2) is 8.18. The number of para-hydroxylation sites is 1. The Labute approximate surface area is 174 Å². The van der Waals surface area contributed by atoms with Gasteiger partial charge in [0.1, 0.15) is 12.4 Å². The minimum atomic E-state index is -1.29. The summed E-state index contributed by atoms with van der Waals surface area (Å²) in [5.41, 5.74) is -0.0420. The topological polar surface area (TPSA) is 92.8 Å². The molecule has 1 aliphatic rings. The third kappa shape index (κ3) is 4.23. The van der Waals surface area contributed by atoms with E-state index < -0.39 is 42.2 Å². The van der Waals surface area contributed by atoms with Gasteiger partial charge < -0.3 is 10.1 Å². The summed E-state index contributed by atoms with van der Waals surface area (Å²) < 4.78 is 18.6. The number of hydrogen-bond donors (Lipinski definition) is 1. The second-order valence-electron chi connectivity index (χ2n) is 6.11. The number of nitrogens with zero attached hydrogens (tertiary/aromatic N) is 1. The highest BCUT2D eigenvalue weighted by Crippen LogP contribution is 2.31. The van der Waals surface area contributed by atoms with Crippen molar-refractivity contribution < 1.29 is 28.3 Å². The van der Waals surface area contributed by atoms with Crippen LogP contribution in [0.25, 0.3) is 0 Å². The molecule has 1 aliphatic heterocycles. The van der Waals surface area contributed by atoms with Gasteiger partial charge in [-0.2, -0.15) is 0 Å². The maximum Gasteiger partial charge on any atom is 0.326 e. The number of halogens is 3. The monoisotopic (exact) mass is 438 g/mol. The van der Waals surface area contributed by atoms with Crippen LogP contribution in [0.1, 0.15) is 27.6 Å². The van der Waals surface area contributed by atoms with Crippen LogP contribution in [0, 0.1) is 5.82 Å². The molecule has 1 atom stereocenters. The Hall–Kier alpha value is -2.97. The molecule has 3 rings (SSSR count). The first kappa shape index (κ1) is 20.8. The van der Waals surface area contributed by atoms with Crippen molar-refractivity contribution in [1.82, 2.24) is 4.90 Å². The molecule has 0 spiro atoms. The Kier molecular flexibility index (Phi) is 5.86. The molecule has 29 heavy (non-hydrogen) atoms. The van der Waals surface area contributed by atoms with Crippen molar-refractivity contribution in [3.05, 3.63) is 63.4 Å². The van der Waals surface area contributed by atoms with E-state index in [0.29, 0.717) is 4.90 Å². The Morgan fingerprint density at radius 1 is 1.10 bits per heavy atom. The van der Waals surface area contributed by atoms with Gasteiger partial charge in [-0.1, -0.05) is 35.3 Å². The van der Waals surface area contributed by atoms with Crippen LogP contribution < -0.4 is 5.32 Å². The minimum Gasteiger partial charge on any atom is -0.451 e. The third-order valence-corrected chi connectivity index (χ3v) is 4.83. The summed E-state index contributed by atoms with van der Waals surface area (Å²) in [7, 11) is 0. The largest absolute Gasteiger partial charge is 0.451 e. The SMILES string of the molecule is CC(OC(=O)CN1C(=O)c2cc(Cl)c(Cl)cc2C1=O)C(=O)Nc1ccccc1F. The highest BCUT2D eigenvalue weighted by Gasteiger charge is 2.38. The van der Waals surface area contributed by atoms with Crippen molar-refractivity contribution in [3.8, 4) is 0 Å². The van der Waals surface area contributed by atoms with Crippen molar-refractivity contribution in [2.24, 2.45) is 0 Å². The number of rotatable bonds is 5. The molecule has 0 aliphatic carbocycles. The molecule has 7 nitrogen and oxygen atoms in total. The fourth-order valence-corrected chi connectivity index (χ4v) is 2.97. The smallest absolute Gasteiger partial charge is 0.326 e. The molecular formula is C19H13Cl2FN2O5. The van der Waals surface area contributed by atoms with E-state index in [1.807, 2.05) is 0 Å². The van der Waals surface area contributed by atoms with Crippen LogP contribution >= 0.6 is 23.2 Å². The molecule has 1 N–H and O–H groups in total. The van der Waals surface area contributed by atoms with E-state index in [0.717, 1.165) is 6.07 Å². The molecule has 0 saturated carbocycles. The second-order valence-corrected chi connectivity index (χ2v) is 6.92. The Morgan fingerprint density at radius 3 is 2.21 bits per heavy atom. The lowest BCUT2D eigenvalue weighted by Gasteiger charge is -2.17. The lowest BCUT2D eigenvalue weighted by atomic mass is 10.1. The summed E-state index contributed by atoms with van der Waals surface area (Å²) in [6, 6.07) is 7.97. The number of ether oxygens (including phenoxy) is 1. The average molecular weight is 439 g/mol. The van der Waals surface area contributed by atoms with Crippen molar-refractivity contribution >= 4 is 52.6 Å². The summed E-state index contributed by atoms with van der Waals surface area (Å²) in [5.74, 6) is -3.88. The molecule has 1 unspecified atom stereocenters. The van der Waals surface area contributed by atoms with Gasteiger partial charge in [0.05, 0.1) is 26.9 Å². The first-order chi connectivity index (χ1) is 13.7. The predicted molar refractivity (Wildman–Crippen MR) is 102 cm³/mol. The van der Waals surface area contributed by atoms with Gasteiger partial charge in [0.2, 0.25) is 0 Å². The highest BCUT2D eigenvalue weighted by molar-refractivity contribution is 6.43. The van der Waals surface area contributed by atoms with Crippen LogP contribution in [0.15, 0.2) is 36.4 Å². The molecule has 3 amide bonds. The van der Waals surface area contributed by atoms with E-state index in [9.17, 15) is 23.6 Å². The number of carbonyl (C=O) groups is 4. The fraction of sp³-hybridized carbons (Fsp3) is 0.158. The van der Waals surface area contributed by atoms with Crippen LogP contribution in [0.4, 0.5) is 10.1 Å². The maximum atomic E-state index is 13.6. The number of esters is 1. The molecule has 150 valence electrons. The van der Waals surface area contributed by atoms with E-state index in [1.54, 1.807) is 0 Å². The molecule has 0 bridgehead atoms. The zero-order valence-electron chi connectivity index (χ0n) is 14.9. The third-order valence-electron chi connectivity index (χ3n) is 4.11. The maximum absolute atomic E-state index is 13.6. The zero-order chi connectivity index (χ0) is 21.3. The van der Waals surface area contributed by atoms with Gasteiger partial charge in [0.15, 0.2) is 6.10 Å². The molecule has 0 fully saturated rings. The van der Waals surface area contributed by atoms with Crippen molar-refractivity contribution in [2.45, 2.75) is 13.0 Å². The number of benzene rings is 2. The van der Waals surface area contributed by atoms with Gasteiger partial charge >= 0.3 is 5.97 Å². The van der Waals surface area contributed by atoms with E-state index >= 15 is 0 Å². The molecule has 0 radical (unpaired) electrons. The number of hydrogen-bond acceptors (Lipinski definition) is 5. The van der Waals surface area contributed by atoms with E-state index in [4.69, 9.17) is 27.9 Å². The van der Waals surface area contributed by atoms with Crippen molar-refractivity contribution in [1.29, 1.82) is 0 Å². The Balaban J connectivity index is 1.63. The van der Waals surface area contributed by atoms with Crippen LogP contribution in [0.3, 0.4) is 0 Å². The standard InChI is InChI=1S/C19H13Cl2FN2O5/c1-9(17(26)23-15-5-3-2-4-14(15)22)29-16(25)8-24-18(27)10-6-12(20)13(21)7-11(10)19(24)28/h2-7,9H,8H2,1H3,(H,23,26). The number of carbonyl (C=O) groups excluding carboxylic acids is 4. The van der Waals surface area contributed by atoms with Gasteiger partial charge in [-0.05, 0) is 31.2 Å². The number of anilines is 1. The summed E-state index contributed by atoms with van der Waals surface area (Å²) >= 11 is 11.7. The Bertz CT molecular complexity index is 1000. The van der Waals surface area contributed by atoms with Gasteiger partial charge in [-0.15, -0.1) is 0 Å². The number of fused-ring (bicyclic) bond motifs is 1. The predicted octanol–water partition coefficient (Wildman–Crippen LogP) is 3.30. The molecule has 2 aromatic rings. The first-order valence-electron chi connectivity index (χ1n) is 8.29. The summed E-state index contributed by atoms with van der Waals surface area (Å²) in [4.78, 5) is 49.6. The van der Waals surface area contributed by atoms with Crippen LogP contribution in [-0.2, 0) is 14.3 Å². The number of imide groups is 1. The molecule has 2 aromatic carbocycles. The van der Waals surface area contributed by atoms with Gasteiger partial charge in [-0.3, -0.25) is 24.1 Å². The molecular weight excluding hydrogens is 426 g/mol. The van der Waals surface area contributed by atoms with Crippen LogP contribution in [0.2, 0.25) is 10.0 Å². The first-order valence-corrected chi connectivity index (χ1v) is 9.04. The Morgan fingerprint density at radius 2 is 1.66 bits per heavy atom. The number of nitrogens with one attached hydrogen (secondary N) is 1. The molecule has 0 aromatic heterocycles. The van der Waals surface area contributed by atoms with Crippen molar-refractivity contribution in [2.75, 3.05) is 11.9 Å². The van der Waals surface area contributed by atoms with Gasteiger partial charge in [0, 0.05) is 0 Å². The van der Waals surface area contributed by atoms with Crippen LogP contribution in [0.5, 0.6) is 0 Å². The molecule has 0 saturated heterocycles. The normalized spacial score (nSPS) is 13.9. The average Bonchev–Trinajstić information content (AvgIpc) is 2.88. The molecule has 1 heterocycles.